The third kappa shape index (κ3) is 2.77. The van der Waals surface area contributed by atoms with E-state index in [-0.39, 0.29) is 0 Å². The molecule has 2 unspecified atom stereocenters. The quantitative estimate of drug-likeness (QED) is 0.906. The minimum atomic E-state index is 0.377. The molecule has 3 heterocycles. The summed E-state index contributed by atoms with van der Waals surface area (Å²) in [7, 11) is 0. The van der Waals surface area contributed by atoms with E-state index >= 15 is 0 Å². The Hall–Kier alpha value is -1.46. The van der Waals surface area contributed by atoms with Gasteiger partial charge in [-0.15, -0.1) is 0 Å². The van der Waals surface area contributed by atoms with Gasteiger partial charge in [0.05, 0.1) is 11.8 Å². The molecule has 0 saturated carbocycles. The number of aryl methyl sites for hydroxylation is 1. The van der Waals surface area contributed by atoms with Gasteiger partial charge in [-0.3, -0.25) is 0 Å². The number of aromatic nitrogens is 3. The zero-order chi connectivity index (χ0) is 13.2. The zero-order valence-electron chi connectivity index (χ0n) is 11.5. The Balaban J connectivity index is 1.58. The average Bonchev–Trinajstić information content (AvgIpc) is 2.94. The molecule has 0 spiro atoms. The molecule has 102 valence electrons. The number of ether oxygens (including phenoxy) is 1. The summed E-state index contributed by atoms with van der Waals surface area (Å²) in [5, 5.41) is 7.86. The van der Waals surface area contributed by atoms with E-state index < -0.39 is 0 Å². The monoisotopic (exact) mass is 260 g/mol. The predicted molar refractivity (Wildman–Crippen MR) is 73.0 cm³/mol. The molecule has 0 aliphatic carbocycles. The Morgan fingerprint density at radius 3 is 3.21 bits per heavy atom. The molecule has 0 bridgehead atoms. The third-order valence-corrected chi connectivity index (χ3v) is 3.76. The number of nitrogens with one attached hydrogen (secondary N) is 1. The molecule has 1 aliphatic heterocycles. The molecule has 0 amide bonds. The van der Waals surface area contributed by atoms with Crippen molar-refractivity contribution in [3.8, 4) is 0 Å². The highest BCUT2D eigenvalue weighted by atomic mass is 16.5. The minimum Gasteiger partial charge on any atom is -0.378 e. The summed E-state index contributed by atoms with van der Waals surface area (Å²) in [6.07, 6.45) is 5.49. The van der Waals surface area contributed by atoms with Crippen LogP contribution in [0.25, 0.3) is 5.65 Å². The molecule has 1 fully saturated rings. The van der Waals surface area contributed by atoms with Gasteiger partial charge in [0.1, 0.15) is 0 Å². The molecule has 5 heteroatoms. The standard InChI is InChI=1S/C14H20N4O/c1-10-5-14-16-7-12(9-18(14)17-10)6-15-8-13-3-4-19-11(13)2/h5,7,9,11,13,15H,3-4,6,8H2,1-2H3. The number of hydrogen-bond acceptors (Lipinski definition) is 4. The molecule has 2 aromatic heterocycles. The normalized spacial score (nSPS) is 23.3. The van der Waals surface area contributed by atoms with Crippen LogP contribution in [0.3, 0.4) is 0 Å². The van der Waals surface area contributed by atoms with Crippen LogP contribution in [0.5, 0.6) is 0 Å². The van der Waals surface area contributed by atoms with Gasteiger partial charge >= 0.3 is 0 Å². The maximum atomic E-state index is 5.56. The third-order valence-electron chi connectivity index (χ3n) is 3.76. The Kier molecular flexibility index (Phi) is 3.48. The van der Waals surface area contributed by atoms with E-state index in [0.717, 1.165) is 43.0 Å². The summed E-state index contributed by atoms with van der Waals surface area (Å²) in [5.41, 5.74) is 3.05. The summed E-state index contributed by atoms with van der Waals surface area (Å²) in [6, 6.07) is 1.98. The van der Waals surface area contributed by atoms with Gasteiger partial charge < -0.3 is 10.1 Å². The van der Waals surface area contributed by atoms with Crippen LogP contribution < -0.4 is 5.32 Å². The lowest BCUT2D eigenvalue weighted by Gasteiger charge is -2.14. The topological polar surface area (TPSA) is 51.5 Å². The van der Waals surface area contributed by atoms with Gasteiger partial charge in [-0.1, -0.05) is 0 Å². The summed E-state index contributed by atoms with van der Waals surface area (Å²) in [5.74, 6) is 0.628. The molecule has 3 rings (SSSR count). The Labute approximate surface area is 113 Å². The smallest absolute Gasteiger partial charge is 0.155 e. The largest absolute Gasteiger partial charge is 0.378 e. The van der Waals surface area contributed by atoms with Gasteiger partial charge in [-0.25, -0.2) is 9.50 Å². The van der Waals surface area contributed by atoms with Crippen LogP contribution in [-0.2, 0) is 11.3 Å². The summed E-state index contributed by atoms with van der Waals surface area (Å²) in [6.45, 7) is 6.85. The van der Waals surface area contributed by atoms with E-state index in [4.69, 9.17) is 4.74 Å². The molecule has 19 heavy (non-hydrogen) atoms. The second kappa shape index (κ2) is 5.27. The van der Waals surface area contributed by atoms with Gasteiger partial charge in [0.25, 0.3) is 0 Å². The summed E-state index contributed by atoms with van der Waals surface area (Å²) < 4.78 is 7.40. The van der Waals surface area contributed by atoms with Crippen LogP contribution in [0.2, 0.25) is 0 Å². The Morgan fingerprint density at radius 1 is 1.53 bits per heavy atom. The second-order valence-corrected chi connectivity index (χ2v) is 5.31. The Morgan fingerprint density at radius 2 is 2.42 bits per heavy atom. The fraction of sp³-hybridized carbons (Fsp3) is 0.571. The van der Waals surface area contributed by atoms with E-state index in [0.29, 0.717) is 12.0 Å². The van der Waals surface area contributed by atoms with Crippen LogP contribution in [0.15, 0.2) is 18.5 Å². The van der Waals surface area contributed by atoms with Crippen LogP contribution in [-0.4, -0.2) is 33.9 Å². The highest BCUT2D eigenvalue weighted by Crippen LogP contribution is 2.19. The molecule has 0 radical (unpaired) electrons. The van der Waals surface area contributed by atoms with Crippen molar-refractivity contribution in [2.24, 2.45) is 5.92 Å². The molecule has 2 aromatic rings. The van der Waals surface area contributed by atoms with Gasteiger partial charge in [0.2, 0.25) is 0 Å². The van der Waals surface area contributed by atoms with Crippen molar-refractivity contribution < 1.29 is 4.74 Å². The van der Waals surface area contributed by atoms with Gasteiger partial charge in [0, 0.05) is 43.7 Å². The highest BCUT2D eigenvalue weighted by molar-refractivity contribution is 5.38. The SMILES string of the molecule is Cc1cc2ncc(CNCC3CCOC3C)cn2n1. The molecule has 0 aromatic carbocycles. The lowest BCUT2D eigenvalue weighted by Crippen LogP contribution is -2.26. The first-order chi connectivity index (χ1) is 9.22. The number of nitrogens with zero attached hydrogens (tertiary/aromatic N) is 3. The van der Waals surface area contributed by atoms with E-state index in [1.807, 2.05) is 29.9 Å². The predicted octanol–water partition coefficient (Wildman–Crippen LogP) is 1.55. The van der Waals surface area contributed by atoms with Crippen molar-refractivity contribution in [2.75, 3.05) is 13.2 Å². The molecule has 1 saturated heterocycles. The number of hydrogen-bond donors (Lipinski definition) is 1. The first-order valence-corrected chi connectivity index (χ1v) is 6.85. The van der Waals surface area contributed by atoms with Crippen molar-refractivity contribution in [1.29, 1.82) is 0 Å². The van der Waals surface area contributed by atoms with E-state index in [1.165, 1.54) is 0 Å². The van der Waals surface area contributed by atoms with E-state index in [9.17, 15) is 0 Å². The molecule has 5 nitrogen and oxygen atoms in total. The lowest BCUT2D eigenvalue weighted by molar-refractivity contribution is 0.105. The molecule has 1 aliphatic rings. The van der Waals surface area contributed by atoms with Crippen molar-refractivity contribution in [3.63, 3.8) is 0 Å². The van der Waals surface area contributed by atoms with Crippen LogP contribution >= 0.6 is 0 Å². The molecule has 1 N–H and O–H groups in total. The van der Waals surface area contributed by atoms with Crippen molar-refractivity contribution in [1.82, 2.24) is 19.9 Å². The van der Waals surface area contributed by atoms with Crippen LogP contribution in [0.4, 0.5) is 0 Å². The Bertz CT molecular complexity index is 566. The fourth-order valence-electron chi connectivity index (χ4n) is 2.57. The lowest BCUT2D eigenvalue weighted by atomic mass is 10.0. The maximum Gasteiger partial charge on any atom is 0.155 e. The average molecular weight is 260 g/mol. The minimum absolute atomic E-state index is 0.377. The summed E-state index contributed by atoms with van der Waals surface area (Å²) in [4.78, 5) is 4.40. The van der Waals surface area contributed by atoms with E-state index in [2.05, 4.69) is 22.3 Å². The van der Waals surface area contributed by atoms with Crippen LogP contribution in [0.1, 0.15) is 24.6 Å². The molecular formula is C14H20N4O. The van der Waals surface area contributed by atoms with E-state index in [1.54, 1.807) is 0 Å². The van der Waals surface area contributed by atoms with Crippen molar-refractivity contribution >= 4 is 5.65 Å². The van der Waals surface area contributed by atoms with Gasteiger partial charge in [-0.2, -0.15) is 5.10 Å². The second-order valence-electron chi connectivity index (χ2n) is 5.31. The number of fused-ring (bicyclic) bond motifs is 1. The maximum absolute atomic E-state index is 5.56. The molecule has 2 atom stereocenters. The summed E-state index contributed by atoms with van der Waals surface area (Å²) >= 11 is 0. The zero-order valence-corrected chi connectivity index (χ0v) is 11.5. The van der Waals surface area contributed by atoms with Crippen molar-refractivity contribution in [3.05, 3.63) is 29.7 Å². The fourth-order valence-corrected chi connectivity index (χ4v) is 2.57. The first kappa shape index (κ1) is 12.6. The highest BCUT2D eigenvalue weighted by Gasteiger charge is 2.23. The van der Waals surface area contributed by atoms with Crippen LogP contribution in [0, 0.1) is 12.8 Å². The van der Waals surface area contributed by atoms with Gasteiger partial charge in [-0.05, 0) is 26.2 Å². The number of rotatable bonds is 4. The first-order valence-electron chi connectivity index (χ1n) is 6.85. The van der Waals surface area contributed by atoms with Gasteiger partial charge in [0.15, 0.2) is 5.65 Å². The van der Waals surface area contributed by atoms with Crippen molar-refractivity contribution in [2.45, 2.75) is 32.9 Å². The molecular weight excluding hydrogens is 240 g/mol.